The summed E-state index contributed by atoms with van der Waals surface area (Å²) in [6.07, 6.45) is 1.84. The van der Waals surface area contributed by atoms with Gasteiger partial charge in [-0.05, 0) is 24.4 Å². The summed E-state index contributed by atoms with van der Waals surface area (Å²) in [4.78, 5) is 13.9. The van der Waals surface area contributed by atoms with Crippen LogP contribution in [0.3, 0.4) is 0 Å². The molecule has 2 rings (SSSR count). The molecule has 0 spiro atoms. The Morgan fingerprint density at radius 3 is 2.56 bits per heavy atom. The molecule has 0 amide bonds. The van der Waals surface area contributed by atoms with Gasteiger partial charge >= 0.3 is 0 Å². The van der Waals surface area contributed by atoms with Crippen molar-refractivity contribution in [3.8, 4) is 0 Å². The number of aromatic nitrogens is 3. The van der Waals surface area contributed by atoms with Crippen molar-refractivity contribution >= 4 is 23.5 Å². The average molecular weight is 244 g/mol. The third kappa shape index (κ3) is 2.33. The number of rotatable bonds is 4. The molecule has 88 valence electrons. The van der Waals surface area contributed by atoms with E-state index in [-0.39, 0.29) is 17.4 Å². The third-order valence-corrected chi connectivity index (χ3v) is 2.70. The predicted octanol–water partition coefficient (Wildman–Crippen LogP) is 0.528. The first-order valence-corrected chi connectivity index (χ1v) is 5.40. The van der Waals surface area contributed by atoms with E-state index in [1.54, 1.807) is 4.90 Å². The molecular weight excluding hydrogens is 230 g/mol. The molecule has 16 heavy (non-hydrogen) atoms. The van der Waals surface area contributed by atoms with Gasteiger partial charge in [-0.2, -0.15) is 15.0 Å². The Morgan fingerprint density at radius 1 is 1.38 bits per heavy atom. The van der Waals surface area contributed by atoms with Crippen molar-refractivity contribution in [1.82, 2.24) is 15.0 Å². The molecular formula is C9H14ClN5O. The fraction of sp³-hybridized carbons (Fsp3) is 0.667. The zero-order valence-electron chi connectivity index (χ0n) is 9.24. The molecule has 1 heterocycles. The lowest BCUT2D eigenvalue weighted by Crippen LogP contribution is -2.27. The number of aliphatic hydroxyl groups is 1. The monoisotopic (exact) mass is 243 g/mol. The van der Waals surface area contributed by atoms with Crippen molar-refractivity contribution in [2.24, 2.45) is 0 Å². The van der Waals surface area contributed by atoms with Crippen LogP contribution in [0.15, 0.2) is 0 Å². The lowest BCUT2D eigenvalue weighted by molar-refractivity contribution is 0.265. The number of nitrogens with zero attached hydrogens (tertiary/aromatic N) is 4. The lowest BCUT2D eigenvalue weighted by atomic mass is 10.3. The molecule has 7 heteroatoms. The van der Waals surface area contributed by atoms with E-state index in [0.717, 1.165) is 12.8 Å². The van der Waals surface area contributed by atoms with Crippen molar-refractivity contribution in [3.63, 3.8) is 0 Å². The van der Waals surface area contributed by atoms with E-state index >= 15 is 0 Å². The normalized spacial score (nSPS) is 17.0. The highest BCUT2D eigenvalue weighted by atomic mass is 35.5. The second-order valence-corrected chi connectivity index (χ2v) is 4.52. The Bertz CT molecular complexity index is 393. The van der Waals surface area contributed by atoms with Gasteiger partial charge in [0.15, 0.2) is 0 Å². The Labute approximate surface area is 98.7 Å². The number of halogens is 1. The minimum Gasteiger partial charge on any atom is -0.394 e. The van der Waals surface area contributed by atoms with Gasteiger partial charge in [-0.15, -0.1) is 0 Å². The second-order valence-electron chi connectivity index (χ2n) is 4.19. The smallest absolute Gasteiger partial charge is 0.230 e. The highest BCUT2D eigenvalue weighted by Gasteiger charge is 2.42. The number of aliphatic hydroxyl groups excluding tert-OH is 1. The zero-order chi connectivity index (χ0) is 11.8. The predicted molar refractivity (Wildman–Crippen MR) is 61.8 cm³/mol. The van der Waals surface area contributed by atoms with E-state index < -0.39 is 0 Å². The Hall–Kier alpha value is -1.14. The van der Waals surface area contributed by atoms with Crippen LogP contribution in [-0.4, -0.2) is 46.3 Å². The molecule has 2 N–H and O–H groups in total. The van der Waals surface area contributed by atoms with Crippen LogP contribution in [0, 0.1) is 0 Å². The summed E-state index contributed by atoms with van der Waals surface area (Å²) in [5, 5.41) is 12.4. The van der Waals surface area contributed by atoms with Crippen molar-refractivity contribution < 1.29 is 5.11 Å². The van der Waals surface area contributed by atoms with Gasteiger partial charge in [0, 0.05) is 14.1 Å². The first-order chi connectivity index (χ1) is 7.54. The van der Waals surface area contributed by atoms with Gasteiger partial charge in [0.25, 0.3) is 0 Å². The van der Waals surface area contributed by atoms with Gasteiger partial charge in [-0.3, -0.25) is 0 Å². The minimum absolute atomic E-state index is 0.0770. The van der Waals surface area contributed by atoms with Crippen LogP contribution in [0.2, 0.25) is 5.28 Å². The zero-order valence-corrected chi connectivity index (χ0v) is 9.99. The summed E-state index contributed by atoms with van der Waals surface area (Å²) in [6.45, 7) is 0.0770. The van der Waals surface area contributed by atoms with Crippen molar-refractivity contribution in [2.45, 2.75) is 18.4 Å². The Balaban J connectivity index is 2.21. The summed E-state index contributed by atoms with van der Waals surface area (Å²) in [6, 6.07) is 0. The summed E-state index contributed by atoms with van der Waals surface area (Å²) >= 11 is 5.80. The number of hydrogen-bond donors (Lipinski definition) is 2. The van der Waals surface area contributed by atoms with E-state index in [2.05, 4.69) is 20.3 Å². The minimum atomic E-state index is -0.256. The Morgan fingerprint density at radius 2 is 2.06 bits per heavy atom. The SMILES string of the molecule is CN(C)c1nc(Cl)nc(NC2(CO)CC2)n1. The fourth-order valence-electron chi connectivity index (χ4n) is 1.31. The molecule has 0 saturated heterocycles. The van der Waals surface area contributed by atoms with E-state index in [1.807, 2.05) is 14.1 Å². The molecule has 0 bridgehead atoms. The van der Waals surface area contributed by atoms with Gasteiger partial charge in [0.2, 0.25) is 17.2 Å². The van der Waals surface area contributed by atoms with E-state index in [4.69, 9.17) is 11.6 Å². The molecule has 1 aliphatic carbocycles. The molecule has 1 fully saturated rings. The third-order valence-electron chi connectivity index (χ3n) is 2.53. The van der Waals surface area contributed by atoms with Crippen molar-refractivity contribution in [2.75, 3.05) is 30.9 Å². The van der Waals surface area contributed by atoms with Gasteiger partial charge in [-0.1, -0.05) is 0 Å². The molecule has 6 nitrogen and oxygen atoms in total. The van der Waals surface area contributed by atoms with Crippen LogP contribution in [0.5, 0.6) is 0 Å². The molecule has 1 aromatic rings. The van der Waals surface area contributed by atoms with Crippen LogP contribution in [0.25, 0.3) is 0 Å². The molecule has 0 atom stereocenters. The largest absolute Gasteiger partial charge is 0.394 e. The Kier molecular flexibility index (Phi) is 2.86. The highest BCUT2D eigenvalue weighted by Crippen LogP contribution is 2.37. The van der Waals surface area contributed by atoms with Crippen LogP contribution in [0.4, 0.5) is 11.9 Å². The van der Waals surface area contributed by atoms with Crippen molar-refractivity contribution in [3.05, 3.63) is 5.28 Å². The van der Waals surface area contributed by atoms with Crippen LogP contribution in [0.1, 0.15) is 12.8 Å². The molecule has 0 aromatic carbocycles. The van der Waals surface area contributed by atoms with Gasteiger partial charge in [-0.25, -0.2) is 0 Å². The summed E-state index contributed by atoms with van der Waals surface area (Å²) < 4.78 is 0. The molecule has 1 aliphatic rings. The number of anilines is 2. The van der Waals surface area contributed by atoms with Gasteiger partial charge in [0.05, 0.1) is 12.1 Å². The topological polar surface area (TPSA) is 74.2 Å². The first-order valence-electron chi connectivity index (χ1n) is 5.03. The van der Waals surface area contributed by atoms with Crippen LogP contribution < -0.4 is 10.2 Å². The van der Waals surface area contributed by atoms with Crippen molar-refractivity contribution in [1.29, 1.82) is 0 Å². The molecule has 0 aliphatic heterocycles. The van der Waals surface area contributed by atoms with Gasteiger partial charge in [0.1, 0.15) is 0 Å². The fourth-order valence-corrected chi connectivity index (χ4v) is 1.46. The molecule has 0 unspecified atom stereocenters. The quantitative estimate of drug-likeness (QED) is 0.804. The van der Waals surface area contributed by atoms with E-state index in [9.17, 15) is 5.11 Å². The van der Waals surface area contributed by atoms with E-state index in [0.29, 0.717) is 11.9 Å². The average Bonchev–Trinajstić information content (AvgIpc) is 2.97. The number of nitrogens with one attached hydrogen (secondary N) is 1. The molecule has 1 saturated carbocycles. The maximum atomic E-state index is 9.19. The van der Waals surface area contributed by atoms with Crippen LogP contribution in [-0.2, 0) is 0 Å². The number of hydrogen-bond acceptors (Lipinski definition) is 6. The van der Waals surface area contributed by atoms with Gasteiger partial charge < -0.3 is 15.3 Å². The highest BCUT2D eigenvalue weighted by molar-refractivity contribution is 6.28. The standard InChI is InChI=1S/C9H14ClN5O/c1-15(2)8-12-6(10)11-7(13-8)14-9(5-16)3-4-9/h16H,3-5H2,1-2H3,(H,11,12,13,14). The maximum Gasteiger partial charge on any atom is 0.230 e. The summed E-state index contributed by atoms with van der Waals surface area (Å²) in [5.41, 5.74) is -0.256. The van der Waals surface area contributed by atoms with Crippen LogP contribution >= 0.6 is 11.6 Å². The van der Waals surface area contributed by atoms with E-state index in [1.165, 1.54) is 0 Å². The molecule has 0 radical (unpaired) electrons. The first kappa shape index (κ1) is 11.3. The summed E-state index contributed by atoms with van der Waals surface area (Å²) in [7, 11) is 3.66. The maximum absolute atomic E-state index is 9.19. The lowest BCUT2D eigenvalue weighted by Gasteiger charge is -2.16. The summed E-state index contributed by atoms with van der Waals surface area (Å²) in [5.74, 6) is 0.909. The molecule has 1 aromatic heterocycles. The second kappa shape index (κ2) is 4.03.